The van der Waals surface area contributed by atoms with Crippen LogP contribution in [0.4, 0.5) is 5.69 Å². The smallest absolute Gasteiger partial charge is 0.153 e. The summed E-state index contributed by atoms with van der Waals surface area (Å²) in [4.78, 5) is 2.17. The first-order valence-electron chi connectivity index (χ1n) is 6.25. The van der Waals surface area contributed by atoms with Crippen molar-refractivity contribution in [1.82, 2.24) is 5.32 Å². The van der Waals surface area contributed by atoms with E-state index in [0.717, 1.165) is 5.69 Å². The second-order valence-corrected chi connectivity index (χ2v) is 7.01. The van der Waals surface area contributed by atoms with Crippen molar-refractivity contribution in [1.29, 1.82) is 0 Å². The summed E-state index contributed by atoms with van der Waals surface area (Å²) in [6.07, 6.45) is 0. The van der Waals surface area contributed by atoms with Crippen molar-refractivity contribution in [2.45, 2.75) is 13.0 Å². The lowest BCUT2D eigenvalue weighted by Crippen LogP contribution is -2.41. The van der Waals surface area contributed by atoms with Gasteiger partial charge in [0, 0.05) is 24.8 Å². The van der Waals surface area contributed by atoms with Gasteiger partial charge in [0.25, 0.3) is 0 Å². The fourth-order valence-corrected chi connectivity index (χ4v) is 3.45. The fraction of sp³-hybridized carbons (Fsp3) is 0.538. The molecule has 1 aromatic carbocycles. The molecule has 18 heavy (non-hydrogen) atoms. The minimum Gasteiger partial charge on any atom is -0.369 e. The molecule has 1 fully saturated rings. The molecule has 0 aliphatic carbocycles. The van der Waals surface area contributed by atoms with Crippen LogP contribution in [0.15, 0.2) is 24.3 Å². The van der Waals surface area contributed by atoms with E-state index < -0.39 is 9.84 Å². The van der Waals surface area contributed by atoms with Gasteiger partial charge in [-0.1, -0.05) is 18.2 Å². The van der Waals surface area contributed by atoms with Gasteiger partial charge in [0.05, 0.1) is 11.5 Å². The SMILES string of the molecule is CNC(C)c1ccccc1N1CCS(=O)(=O)CC1. The van der Waals surface area contributed by atoms with E-state index in [0.29, 0.717) is 13.1 Å². The molecule has 0 saturated carbocycles. The predicted molar refractivity (Wildman–Crippen MR) is 74.8 cm³/mol. The van der Waals surface area contributed by atoms with Gasteiger partial charge in [0.1, 0.15) is 0 Å². The first-order valence-corrected chi connectivity index (χ1v) is 8.07. The van der Waals surface area contributed by atoms with E-state index in [2.05, 4.69) is 29.3 Å². The van der Waals surface area contributed by atoms with Gasteiger partial charge in [-0.3, -0.25) is 0 Å². The minimum atomic E-state index is -2.82. The molecule has 1 saturated heterocycles. The highest BCUT2D eigenvalue weighted by molar-refractivity contribution is 7.91. The van der Waals surface area contributed by atoms with E-state index in [1.165, 1.54) is 5.56 Å². The zero-order valence-corrected chi connectivity index (χ0v) is 11.7. The first kappa shape index (κ1) is 13.4. The summed E-state index contributed by atoms with van der Waals surface area (Å²) < 4.78 is 22.9. The number of hydrogen-bond donors (Lipinski definition) is 1. The Bertz CT molecular complexity index is 499. The lowest BCUT2D eigenvalue weighted by atomic mass is 10.1. The van der Waals surface area contributed by atoms with E-state index >= 15 is 0 Å². The molecule has 1 unspecified atom stereocenters. The molecule has 5 heteroatoms. The van der Waals surface area contributed by atoms with Gasteiger partial charge >= 0.3 is 0 Å². The van der Waals surface area contributed by atoms with E-state index in [4.69, 9.17) is 0 Å². The van der Waals surface area contributed by atoms with E-state index in [-0.39, 0.29) is 17.5 Å². The average Bonchev–Trinajstić information content (AvgIpc) is 2.38. The van der Waals surface area contributed by atoms with Crippen LogP contribution in [-0.4, -0.2) is 40.1 Å². The van der Waals surface area contributed by atoms with Crippen LogP contribution in [0.3, 0.4) is 0 Å². The number of benzene rings is 1. The molecule has 0 radical (unpaired) electrons. The van der Waals surface area contributed by atoms with Gasteiger partial charge in [-0.2, -0.15) is 0 Å². The second kappa shape index (κ2) is 5.28. The molecule has 2 rings (SSSR count). The lowest BCUT2D eigenvalue weighted by Gasteiger charge is -2.31. The molecule has 1 atom stereocenters. The summed E-state index contributed by atoms with van der Waals surface area (Å²) >= 11 is 0. The second-order valence-electron chi connectivity index (χ2n) is 4.71. The summed E-state index contributed by atoms with van der Waals surface area (Å²) in [5.41, 5.74) is 2.37. The Morgan fingerprint density at radius 1 is 1.22 bits per heavy atom. The summed E-state index contributed by atoms with van der Waals surface area (Å²) in [6, 6.07) is 8.46. The van der Waals surface area contributed by atoms with Crippen LogP contribution in [0, 0.1) is 0 Å². The third-order valence-electron chi connectivity index (χ3n) is 3.52. The van der Waals surface area contributed by atoms with Gasteiger partial charge in [0.15, 0.2) is 9.84 Å². The monoisotopic (exact) mass is 268 g/mol. The summed E-state index contributed by atoms with van der Waals surface area (Å²) in [7, 11) is -0.887. The van der Waals surface area contributed by atoms with Crippen molar-refractivity contribution in [3.8, 4) is 0 Å². The first-order chi connectivity index (χ1) is 8.53. The predicted octanol–water partition coefficient (Wildman–Crippen LogP) is 1.20. The molecule has 1 aromatic rings. The van der Waals surface area contributed by atoms with Crippen LogP contribution >= 0.6 is 0 Å². The number of nitrogens with zero attached hydrogens (tertiary/aromatic N) is 1. The highest BCUT2D eigenvalue weighted by Crippen LogP contribution is 2.27. The normalized spacial score (nSPS) is 20.7. The topological polar surface area (TPSA) is 49.4 Å². The zero-order chi connectivity index (χ0) is 13.2. The standard InChI is InChI=1S/C13H20N2O2S/c1-11(14-2)12-5-3-4-6-13(12)15-7-9-18(16,17)10-8-15/h3-6,11,14H,7-10H2,1-2H3. The van der Waals surface area contributed by atoms with Crippen molar-refractivity contribution in [3.05, 3.63) is 29.8 Å². The molecule has 4 nitrogen and oxygen atoms in total. The van der Waals surface area contributed by atoms with Gasteiger partial charge in [-0.25, -0.2) is 8.42 Å². The van der Waals surface area contributed by atoms with Crippen LogP contribution in [-0.2, 0) is 9.84 Å². The molecular formula is C13H20N2O2S. The third kappa shape index (κ3) is 2.84. The molecule has 1 heterocycles. The molecule has 0 bridgehead atoms. The van der Waals surface area contributed by atoms with Crippen molar-refractivity contribution in [2.24, 2.45) is 0 Å². The van der Waals surface area contributed by atoms with Crippen LogP contribution < -0.4 is 10.2 Å². The number of para-hydroxylation sites is 1. The number of hydrogen-bond acceptors (Lipinski definition) is 4. The summed E-state index contributed by atoms with van der Waals surface area (Å²) in [5.74, 6) is 0.518. The maximum Gasteiger partial charge on any atom is 0.153 e. The quantitative estimate of drug-likeness (QED) is 0.895. The number of rotatable bonds is 3. The van der Waals surface area contributed by atoms with Crippen LogP contribution in [0.25, 0.3) is 0 Å². The van der Waals surface area contributed by atoms with Gasteiger partial charge in [-0.15, -0.1) is 0 Å². The molecule has 1 aliphatic rings. The molecule has 100 valence electrons. The summed E-state index contributed by atoms with van der Waals surface area (Å²) in [5, 5.41) is 3.23. The van der Waals surface area contributed by atoms with Crippen LogP contribution in [0.1, 0.15) is 18.5 Å². The van der Waals surface area contributed by atoms with Crippen molar-refractivity contribution in [2.75, 3.05) is 36.5 Å². The highest BCUT2D eigenvalue weighted by Gasteiger charge is 2.23. The summed E-state index contributed by atoms with van der Waals surface area (Å²) in [6.45, 7) is 3.30. The largest absolute Gasteiger partial charge is 0.369 e. The Labute approximate surface area is 109 Å². The van der Waals surface area contributed by atoms with Crippen molar-refractivity contribution in [3.63, 3.8) is 0 Å². The molecule has 0 spiro atoms. The van der Waals surface area contributed by atoms with Gasteiger partial charge < -0.3 is 10.2 Å². The van der Waals surface area contributed by atoms with Crippen molar-refractivity contribution >= 4 is 15.5 Å². The molecule has 1 N–H and O–H groups in total. The maximum atomic E-state index is 11.5. The zero-order valence-electron chi connectivity index (χ0n) is 10.9. The lowest BCUT2D eigenvalue weighted by molar-refractivity contribution is 0.585. The Kier molecular flexibility index (Phi) is 3.92. The Balaban J connectivity index is 2.24. The van der Waals surface area contributed by atoms with Crippen molar-refractivity contribution < 1.29 is 8.42 Å². The Morgan fingerprint density at radius 2 is 1.83 bits per heavy atom. The van der Waals surface area contributed by atoms with Gasteiger partial charge in [-0.05, 0) is 25.6 Å². The number of anilines is 1. The molecule has 0 aromatic heterocycles. The Morgan fingerprint density at radius 3 is 2.44 bits per heavy atom. The molecule has 1 aliphatic heterocycles. The average molecular weight is 268 g/mol. The third-order valence-corrected chi connectivity index (χ3v) is 5.13. The van der Waals surface area contributed by atoms with Crippen LogP contribution in [0.2, 0.25) is 0 Å². The number of sulfone groups is 1. The molecule has 0 amide bonds. The minimum absolute atomic E-state index is 0.259. The highest BCUT2D eigenvalue weighted by atomic mass is 32.2. The van der Waals surface area contributed by atoms with E-state index in [1.54, 1.807) is 0 Å². The van der Waals surface area contributed by atoms with E-state index in [9.17, 15) is 8.42 Å². The number of nitrogens with one attached hydrogen (secondary N) is 1. The fourth-order valence-electron chi connectivity index (χ4n) is 2.25. The van der Waals surface area contributed by atoms with Gasteiger partial charge in [0.2, 0.25) is 0 Å². The van der Waals surface area contributed by atoms with Crippen LogP contribution in [0.5, 0.6) is 0 Å². The Hall–Kier alpha value is -1.07. The molecular weight excluding hydrogens is 248 g/mol. The maximum absolute atomic E-state index is 11.5. The van der Waals surface area contributed by atoms with E-state index in [1.807, 2.05) is 19.2 Å².